The number of halogens is 1. The van der Waals surface area contributed by atoms with Crippen LogP contribution in [0, 0.1) is 0 Å². The van der Waals surface area contributed by atoms with Crippen LogP contribution in [0.25, 0.3) is 67.3 Å². The van der Waals surface area contributed by atoms with E-state index in [1.807, 2.05) is 42.5 Å². The molecule has 7 aromatic rings. The van der Waals surface area contributed by atoms with Gasteiger partial charge in [0.25, 0.3) is 0 Å². The molecule has 0 saturated heterocycles. The average molecular weight is 572 g/mol. The number of aromatic nitrogens is 3. The molecule has 7 rings (SSSR count). The second kappa shape index (κ2) is 11.8. The lowest BCUT2D eigenvalue weighted by Gasteiger charge is -2.13. The zero-order valence-corrected chi connectivity index (χ0v) is 24.0. The quantitative estimate of drug-likeness (QED) is 0.199. The highest BCUT2D eigenvalue weighted by molar-refractivity contribution is 6.28. The van der Waals surface area contributed by atoms with Crippen molar-refractivity contribution in [3.05, 3.63) is 163 Å². The summed E-state index contributed by atoms with van der Waals surface area (Å²) in [6.45, 7) is 0. The minimum Gasteiger partial charge on any atom is -0.208 e. The van der Waals surface area contributed by atoms with Crippen molar-refractivity contribution in [3.8, 4) is 67.3 Å². The first kappa shape index (κ1) is 26.5. The number of nitrogens with zero attached hydrogens (tertiary/aromatic N) is 3. The molecular weight excluding hydrogens is 546 g/mol. The van der Waals surface area contributed by atoms with E-state index in [-0.39, 0.29) is 5.28 Å². The van der Waals surface area contributed by atoms with Crippen LogP contribution in [-0.4, -0.2) is 15.0 Å². The Hall–Kier alpha value is -5.38. The fourth-order valence-electron chi connectivity index (χ4n) is 5.30. The van der Waals surface area contributed by atoms with Crippen LogP contribution < -0.4 is 0 Å². The molecule has 0 atom stereocenters. The summed E-state index contributed by atoms with van der Waals surface area (Å²) in [4.78, 5) is 13.6. The third-order valence-electron chi connectivity index (χ3n) is 7.44. The van der Waals surface area contributed by atoms with E-state index in [2.05, 4.69) is 125 Å². The highest BCUT2D eigenvalue weighted by Gasteiger charge is 2.12. The van der Waals surface area contributed by atoms with Crippen LogP contribution in [0.2, 0.25) is 5.28 Å². The largest absolute Gasteiger partial charge is 0.226 e. The minimum atomic E-state index is 0.170. The minimum absolute atomic E-state index is 0.170. The molecule has 0 unspecified atom stereocenters. The van der Waals surface area contributed by atoms with E-state index >= 15 is 0 Å². The number of benzene rings is 6. The first-order valence-electron chi connectivity index (χ1n) is 14.1. The topological polar surface area (TPSA) is 38.7 Å². The highest BCUT2D eigenvalue weighted by atomic mass is 35.5. The monoisotopic (exact) mass is 571 g/mol. The Balaban J connectivity index is 1.29. The summed E-state index contributed by atoms with van der Waals surface area (Å²) in [6.07, 6.45) is 0. The second-order valence-corrected chi connectivity index (χ2v) is 10.6. The predicted molar refractivity (Wildman–Crippen MR) is 177 cm³/mol. The van der Waals surface area contributed by atoms with Gasteiger partial charge in [0.05, 0.1) is 0 Å². The Morgan fingerprint density at radius 2 is 0.605 bits per heavy atom. The number of rotatable bonds is 6. The molecule has 1 aromatic heterocycles. The summed E-state index contributed by atoms with van der Waals surface area (Å²) in [7, 11) is 0. The summed E-state index contributed by atoms with van der Waals surface area (Å²) < 4.78 is 0. The van der Waals surface area contributed by atoms with Gasteiger partial charge >= 0.3 is 0 Å². The summed E-state index contributed by atoms with van der Waals surface area (Å²) in [6, 6.07) is 54.6. The van der Waals surface area contributed by atoms with Crippen molar-refractivity contribution >= 4 is 11.6 Å². The van der Waals surface area contributed by atoms with E-state index in [0.29, 0.717) is 11.6 Å². The molecule has 0 N–H and O–H groups in total. The fraction of sp³-hybridized carbons (Fsp3) is 0. The normalized spacial score (nSPS) is 10.9. The molecule has 1 heterocycles. The predicted octanol–water partition coefficient (Wildman–Crippen LogP) is 10.5. The Morgan fingerprint density at radius 3 is 1.12 bits per heavy atom. The van der Waals surface area contributed by atoms with Crippen molar-refractivity contribution in [2.45, 2.75) is 0 Å². The van der Waals surface area contributed by atoms with Gasteiger partial charge in [0.2, 0.25) is 5.28 Å². The molecule has 0 aliphatic carbocycles. The third-order valence-corrected chi connectivity index (χ3v) is 7.61. The standard InChI is InChI=1S/C39H26ClN3/c40-39-42-37(29-16-8-3-9-17-29)41-38(43-39)33-21-11-19-31(23-33)30-18-10-20-32(22-30)36-25-34(27-12-4-1-5-13-27)24-35(26-36)28-14-6-2-7-15-28/h1-26H. The van der Waals surface area contributed by atoms with Crippen molar-refractivity contribution in [2.24, 2.45) is 0 Å². The molecule has 0 bridgehead atoms. The van der Waals surface area contributed by atoms with Crippen LogP contribution in [0.5, 0.6) is 0 Å². The lowest BCUT2D eigenvalue weighted by molar-refractivity contribution is 1.07. The van der Waals surface area contributed by atoms with Gasteiger partial charge in [0, 0.05) is 11.1 Å². The Bertz CT molecular complexity index is 1970. The molecule has 0 saturated carbocycles. The Kier molecular flexibility index (Phi) is 7.31. The SMILES string of the molecule is Clc1nc(-c2ccccc2)nc(-c2cccc(-c3cccc(-c4cc(-c5ccccc5)cc(-c5ccccc5)c4)c3)c2)n1. The van der Waals surface area contributed by atoms with E-state index in [0.717, 1.165) is 33.4 Å². The van der Waals surface area contributed by atoms with Gasteiger partial charge in [-0.3, -0.25) is 0 Å². The maximum Gasteiger partial charge on any atom is 0.226 e. The first-order valence-corrected chi connectivity index (χ1v) is 14.5. The van der Waals surface area contributed by atoms with Crippen LogP contribution in [0.1, 0.15) is 0 Å². The molecule has 0 aliphatic rings. The molecule has 0 spiro atoms. The fourth-order valence-corrected chi connectivity index (χ4v) is 5.46. The first-order chi connectivity index (χ1) is 21.2. The molecule has 3 nitrogen and oxygen atoms in total. The van der Waals surface area contributed by atoms with Crippen LogP contribution in [-0.2, 0) is 0 Å². The van der Waals surface area contributed by atoms with E-state index in [1.165, 1.54) is 22.3 Å². The lowest BCUT2D eigenvalue weighted by Crippen LogP contribution is -1.97. The van der Waals surface area contributed by atoms with Gasteiger partial charge in [-0.15, -0.1) is 0 Å². The Morgan fingerprint density at radius 1 is 0.279 bits per heavy atom. The van der Waals surface area contributed by atoms with Gasteiger partial charge in [0.15, 0.2) is 11.6 Å². The van der Waals surface area contributed by atoms with Crippen LogP contribution >= 0.6 is 11.6 Å². The lowest BCUT2D eigenvalue weighted by atomic mass is 9.92. The molecule has 0 amide bonds. The van der Waals surface area contributed by atoms with Gasteiger partial charge in [0.1, 0.15) is 0 Å². The summed E-state index contributed by atoms with van der Waals surface area (Å²) >= 11 is 6.35. The van der Waals surface area contributed by atoms with Gasteiger partial charge in [-0.25, -0.2) is 4.98 Å². The smallest absolute Gasteiger partial charge is 0.208 e. The van der Waals surface area contributed by atoms with E-state index in [9.17, 15) is 0 Å². The zero-order valence-electron chi connectivity index (χ0n) is 23.2. The molecular formula is C39H26ClN3. The molecule has 204 valence electrons. The van der Waals surface area contributed by atoms with E-state index < -0.39 is 0 Å². The van der Waals surface area contributed by atoms with Crippen molar-refractivity contribution in [1.29, 1.82) is 0 Å². The third kappa shape index (κ3) is 5.85. The molecule has 0 aliphatic heterocycles. The maximum atomic E-state index is 6.35. The second-order valence-electron chi connectivity index (χ2n) is 10.3. The number of hydrogen-bond donors (Lipinski definition) is 0. The van der Waals surface area contributed by atoms with E-state index in [1.54, 1.807) is 0 Å². The van der Waals surface area contributed by atoms with Crippen LogP contribution in [0.3, 0.4) is 0 Å². The van der Waals surface area contributed by atoms with Crippen molar-refractivity contribution in [3.63, 3.8) is 0 Å². The maximum absolute atomic E-state index is 6.35. The van der Waals surface area contributed by atoms with Gasteiger partial charge in [-0.05, 0) is 86.4 Å². The summed E-state index contributed by atoms with van der Waals surface area (Å²) in [5, 5.41) is 0.170. The molecule has 0 radical (unpaired) electrons. The summed E-state index contributed by atoms with van der Waals surface area (Å²) in [5.41, 5.74) is 11.0. The molecule has 4 heteroatoms. The average Bonchev–Trinajstić information content (AvgIpc) is 3.09. The van der Waals surface area contributed by atoms with Crippen LogP contribution in [0.4, 0.5) is 0 Å². The van der Waals surface area contributed by atoms with Crippen molar-refractivity contribution in [2.75, 3.05) is 0 Å². The van der Waals surface area contributed by atoms with Gasteiger partial charge in [-0.1, -0.05) is 127 Å². The van der Waals surface area contributed by atoms with Crippen molar-refractivity contribution in [1.82, 2.24) is 15.0 Å². The highest BCUT2D eigenvalue weighted by Crippen LogP contribution is 2.35. The zero-order chi connectivity index (χ0) is 29.0. The molecule has 6 aromatic carbocycles. The number of hydrogen-bond acceptors (Lipinski definition) is 3. The van der Waals surface area contributed by atoms with Crippen molar-refractivity contribution < 1.29 is 0 Å². The molecule has 0 fully saturated rings. The molecule has 43 heavy (non-hydrogen) atoms. The van der Waals surface area contributed by atoms with Gasteiger partial charge < -0.3 is 0 Å². The van der Waals surface area contributed by atoms with E-state index in [4.69, 9.17) is 16.6 Å². The van der Waals surface area contributed by atoms with Gasteiger partial charge in [-0.2, -0.15) is 9.97 Å². The van der Waals surface area contributed by atoms with Crippen LogP contribution in [0.15, 0.2) is 158 Å². The Labute approximate surface area is 256 Å². The summed E-state index contributed by atoms with van der Waals surface area (Å²) in [5.74, 6) is 1.09.